The number of rotatable bonds is 6. The number of nitrogens with zero attached hydrogens (tertiary/aromatic N) is 1. The van der Waals surface area contributed by atoms with Crippen molar-refractivity contribution in [3.05, 3.63) is 57.8 Å². The van der Waals surface area contributed by atoms with E-state index in [2.05, 4.69) is 28.2 Å². The lowest BCUT2D eigenvalue weighted by atomic mass is 9.98. The number of nitrogens with one attached hydrogen (secondary N) is 1. The van der Waals surface area contributed by atoms with Gasteiger partial charge in [0.1, 0.15) is 5.84 Å². The summed E-state index contributed by atoms with van der Waals surface area (Å²) in [6.07, 6.45) is 0. The second kappa shape index (κ2) is 7.07. The predicted molar refractivity (Wildman–Crippen MR) is 83.4 cm³/mol. The number of oxime groups is 1. The molecule has 106 valence electrons. The highest BCUT2D eigenvalue weighted by atomic mass is 32.1. The zero-order valence-corrected chi connectivity index (χ0v) is 12.2. The van der Waals surface area contributed by atoms with Gasteiger partial charge in [-0.05, 0) is 34.4 Å². The first-order valence-electron chi connectivity index (χ1n) is 6.47. The van der Waals surface area contributed by atoms with Gasteiger partial charge in [-0.3, -0.25) is 0 Å². The van der Waals surface area contributed by atoms with E-state index >= 15 is 0 Å². The van der Waals surface area contributed by atoms with Crippen LogP contribution in [0.5, 0.6) is 0 Å². The van der Waals surface area contributed by atoms with Crippen molar-refractivity contribution in [3.63, 3.8) is 0 Å². The summed E-state index contributed by atoms with van der Waals surface area (Å²) in [6.45, 7) is 3.53. The Bertz CT molecular complexity index is 566. The summed E-state index contributed by atoms with van der Waals surface area (Å²) in [5.74, 6) is 0.103. The average molecular weight is 289 g/mol. The summed E-state index contributed by atoms with van der Waals surface area (Å²) in [6, 6.07) is 9.83. The largest absolute Gasteiger partial charge is 0.409 e. The molecule has 1 aromatic heterocycles. The number of nitrogens with two attached hydrogens (primary N) is 1. The van der Waals surface area contributed by atoms with Crippen LogP contribution in [-0.2, 0) is 6.54 Å². The number of aryl methyl sites for hydroxylation is 1. The van der Waals surface area contributed by atoms with Crippen LogP contribution in [0.3, 0.4) is 0 Å². The quantitative estimate of drug-likeness (QED) is 0.331. The highest BCUT2D eigenvalue weighted by Crippen LogP contribution is 2.16. The molecule has 0 spiro atoms. The van der Waals surface area contributed by atoms with Gasteiger partial charge in [0.15, 0.2) is 0 Å². The van der Waals surface area contributed by atoms with E-state index in [1.54, 1.807) is 11.3 Å². The van der Waals surface area contributed by atoms with Gasteiger partial charge < -0.3 is 16.3 Å². The van der Waals surface area contributed by atoms with Crippen LogP contribution in [0.25, 0.3) is 0 Å². The summed E-state index contributed by atoms with van der Waals surface area (Å²) < 4.78 is 0. The second-order valence-electron chi connectivity index (χ2n) is 4.70. The Hall–Kier alpha value is -1.85. The monoisotopic (exact) mass is 289 g/mol. The van der Waals surface area contributed by atoms with Gasteiger partial charge in [-0.25, -0.2) is 0 Å². The number of amidine groups is 1. The molecule has 0 aliphatic heterocycles. The lowest BCUT2D eigenvalue weighted by molar-refractivity contribution is 0.315. The van der Waals surface area contributed by atoms with Crippen LogP contribution in [0.4, 0.5) is 0 Å². The minimum atomic E-state index is -0.125. The van der Waals surface area contributed by atoms with Gasteiger partial charge in [0, 0.05) is 13.1 Å². The molecule has 1 aromatic carbocycles. The van der Waals surface area contributed by atoms with Crippen molar-refractivity contribution in [1.82, 2.24) is 5.32 Å². The highest BCUT2D eigenvalue weighted by molar-refractivity contribution is 7.08. The zero-order chi connectivity index (χ0) is 14.4. The number of benzene rings is 1. The predicted octanol–water partition coefficient (Wildman–Crippen LogP) is 2.68. The van der Waals surface area contributed by atoms with Gasteiger partial charge in [-0.1, -0.05) is 35.5 Å². The van der Waals surface area contributed by atoms with Crippen molar-refractivity contribution in [2.75, 3.05) is 6.54 Å². The van der Waals surface area contributed by atoms with Crippen LogP contribution in [0.15, 0.2) is 46.2 Å². The Morgan fingerprint density at radius 3 is 2.70 bits per heavy atom. The van der Waals surface area contributed by atoms with E-state index in [4.69, 9.17) is 10.9 Å². The number of hydrogen-bond donors (Lipinski definition) is 3. The maximum absolute atomic E-state index is 8.93. The molecule has 5 heteroatoms. The van der Waals surface area contributed by atoms with Gasteiger partial charge in [0.2, 0.25) is 0 Å². The van der Waals surface area contributed by atoms with Crippen LogP contribution >= 0.6 is 11.3 Å². The summed E-state index contributed by atoms with van der Waals surface area (Å²) in [5, 5.41) is 19.7. The average Bonchev–Trinajstić information content (AvgIpc) is 2.89. The fourth-order valence-electron chi connectivity index (χ4n) is 2.07. The zero-order valence-electron chi connectivity index (χ0n) is 11.4. The van der Waals surface area contributed by atoms with E-state index in [1.807, 2.05) is 30.3 Å². The number of thiophene rings is 1. The lowest BCUT2D eigenvalue weighted by Crippen LogP contribution is -2.31. The van der Waals surface area contributed by atoms with Crippen molar-refractivity contribution in [2.24, 2.45) is 10.9 Å². The summed E-state index contributed by atoms with van der Waals surface area (Å²) in [4.78, 5) is 0. The van der Waals surface area contributed by atoms with Gasteiger partial charge in [-0.2, -0.15) is 11.3 Å². The smallest absolute Gasteiger partial charge is 0.147 e. The Morgan fingerprint density at radius 1 is 1.35 bits per heavy atom. The molecule has 0 aliphatic rings. The van der Waals surface area contributed by atoms with Crippen molar-refractivity contribution in [2.45, 2.75) is 19.4 Å². The molecule has 0 bridgehead atoms. The van der Waals surface area contributed by atoms with Crippen molar-refractivity contribution in [1.29, 1.82) is 0 Å². The van der Waals surface area contributed by atoms with Crippen molar-refractivity contribution in [3.8, 4) is 0 Å². The summed E-state index contributed by atoms with van der Waals surface area (Å²) in [7, 11) is 0. The fourth-order valence-corrected chi connectivity index (χ4v) is 2.92. The molecule has 1 unspecified atom stereocenters. The van der Waals surface area contributed by atoms with E-state index in [1.165, 1.54) is 11.1 Å². The van der Waals surface area contributed by atoms with Crippen LogP contribution < -0.4 is 11.1 Å². The molecule has 4 N–H and O–H groups in total. The molecule has 20 heavy (non-hydrogen) atoms. The van der Waals surface area contributed by atoms with Gasteiger partial charge in [0.25, 0.3) is 0 Å². The van der Waals surface area contributed by atoms with Crippen LogP contribution in [0.2, 0.25) is 0 Å². The summed E-state index contributed by atoms with van der Waals surface area (Å²) in [5.41, 5.74) is 9.43. The standard InChI is InChI=1S/C15H19N3OS/c1-11-9-20-10-13(11)7-17-8-14(15(16)18-19)12-5-3-2-4-6-12/h2-6,9-10,14,17,19H,7-8H2,1H3,(H2,16,18). The Balaban J connectivity index is 2.01. The molecule has 0 aliphatic carbocycles. The van der Waals surface area contributed by atoms with Crippen LogP contribution in [0.1, 0.15) is 22.6 Å². The molecule has 4 nitrogen and oxygen atoms in total. The molecule has 0 amide bonds. The number of hydrogen-bond acceptors (Lipinski definition) is 4. The Kier molecular flexibility index (Phi) is 5.15. The summed E-state index contributed by atoms with van der Waals surface area (Å²) >= 11 is 1.70. The maximum Gasteiger partial charge on any atom is 0.147 e. The van der Waals surface area contributed by atoms with Crippen molar-refractivity contribution >= 4 is 17.2 Å². The van der Waals surface area contributed by atoms with Gasteiger partial charge >= 0.3 is 0 Å². The third-order valence-electron chi connectivity index (χ3n) is 3.30. The Morgan fingerprint density at radius 2 is 2.10 bits per heavy atom. The van der Waals surface area contributed by atoms with Gasteiger partial charge in [-0.15, -0.1) is 0 Å². The molecule has 2 rings (SSSR count). The lowest BCUT2D eigenvalue weighted by Gasteiger charge is -2.16. The molecular weight excluding hydrogens is 270 g/mol. The minimum absolute atomic E-state index is 0.125. The molecule has 0 fully saturated rings. The van der Waals surface area contributed by atoms with E-state index in [0.29, 0.717) is 6.54 Å². The Labute approximate surface area is 122 Å². The first-order chi connectivity index (χ1) is 9.72. The topological polar surface area (TPSA) is 70.6 Å². The first-order valence-corrected chi connectivity index (χ1v) is 7.41. The second-order valence-corrected chi connectivity index (χ2v) is 5.44. The van der Waals surface area contributed by atoms with Crippen LogP contribution in [-0.4, -0.2) is 17.6 Å². The van der Waals surface area contributed by atoms with E-state index < -0.39 is 0 Å². The first kappa shape index (κ1) is 14.6. The van der Waals surface area contributed by atoms with E-state index in [9.17, 15) is 0 Å². The maximum atomic E-state index is 8.93. The van der Waals surface area contributed by atoms with E-state index in [-0.39, 0.29) is 11.8 Å². The third-order valence-corrected chi connectivity index (χ3v) is 4.21. The van der Waals surface area contributed by atoms with Crippen LogP contribution in [0, 0.1) is 6.92 Å². The third kappa shape index (κ3) is 3.59. The molecule has 0 radical (unpaired) electrons. The molecule has 0 saturated heterocycles. The molecule has 1 heterocycles. The van der Waals surface area contributed by atoms with Crippen molar-refractivity contribution < 1.29 is 5.21 Å². The molecule has 0 saturated carbocycles. The normalized spacial score (nSPS) is 13.3. The highest BCUT2D eigenvalue weighted by Gasteiger charge is 2.16. The SMILES string of the molecule is Cc1cscc1CNCC(/C(N)=N/O)c1ccccc1. The van der Waals surface area contributed by atoms with E-state index in [0.717, 1.165) is 12.1 Å². The molecular formula is C15H19N3OS. The van der Waals surface area contributed by atoms with Gasteiger partial charge in [0.05, 0.1) is 5.92 Å². The fraction of sp³-hybridized carbons (Fsp3) is 0.267. The minimum Gasteiger partial charge on any atom is -0.409 e. The molecule has 2 aromatic rings. The molecule has 1 atom stereocenters.